The van der Waals surface area contributed by atoms with Gasteiger partial charge in [0.1, 0.15) is 4.90 Å². The fraction of sp³-hybridized carbons (Fsp3) is 0.300. The number of hydrogen-bond donors (Lipinski definition) is 3. The maximum Gasteiger partial charge on any atom is 0.242 e. The Balaban J connectivity index is 2.74. The summed E-state index contributed by atoms with van der Waals surface area (Å²) in [4.78, 5) is 10.6. The normalized spacial score (nSPS) is 11.2. The van der Waals surface area contributed by atoms with Gasteiger partial charge in [0, 0.05) is 24.5 Å². The van der Waals surface area contributed by atoms with E-state index in [1.54, 1.807) is 6.07 Å². The van der Waals surface area contributed by atoms with Crippen molar-refractivity contribution >= 4 is 37.5 Å². The van der Waals surface area contributed by atoms with Crippen LogP contribution in [0.2, 0.25) is 0 Å². The summed E-state index contributed by atoms with van der Waals surface area (Å²) in [6, 6.07) is 4.59. The lowest BCUT2D eigenvalue weighted by atomic mass is 10.3. The van der Waals surface area contributed by atoms with Crippen LogP contribution in [0.4, 0.5) is 5.69 Å². The van der Waals surface area contributed by atoms with Gasteiger partial charge in [-0.2, -0.15) is 0 Å². The molecule has 8 heteroatoms. The lowest BCUT2D eigenvalue weighted by Gasteiger charge is -2.09. The molecule has 0 heterocycles. The second kappa shape index (κ2) is 6.17. The maximum atomic E-state index is 11.9. The van der Waals surface area contributed by atoms with Crippen LogP contribution >= 0.6 is 15.9 Å². The Morgan fingerprint density at radius 1 is 1.39 bits per heavy atom. The van der Waals surface area contributed by atoms with E-state index >= 15 is 0 Å². The van der Waals surface area contributed by atoms with Gasteiger partial charge in [-0.3, -0.25) is 4.79 Å². The molecule has 6 nitrogen and oxygen atoms in total. The third-order valence-electron chi connectivity index (χ3n) is 2.06. The van der Waals surface area contributed by atoms with Crippen molar-refractivity contribution in [2.45, 2.75) is 11.8 Å². The maximum absolute atomic E-state index is 11.9. The highest BCUT2D eigenvalue weighted by molar-refractivity contribution is 9.10. The molecule has 0 bridgehead atoms. The molecule has 0 spiro atoms. The first-order valence-corrected chi connectivity index (χ1v) is 7.39. The minimum atomic E-state index is -3.67. The van der Waals surface area contributed by atoms with E-state index in [0.717, 1.165) is 0 Å². The lowest BCUT2D eigenvalue weighted by Crippen LogP contribution is -2.33. The van der Waals surface area contributed by atoms with Crippen molar-refractivity contribution in [3.8, 4) is 0 Å². The Labute approximate surface area is 114 Å². The van der Waals surface area contributed by atoms with Crippen molar-refractivity contribution < 1.29 is 13.2 Å². The summed E-state index contributed by atoms with van der Waals surface area (Å²) in [5.74, 6) is -0.212. The van der Waals surface area contributed by atoms with Gasteiger partial charge in [0.05, 0.1) is 5.69 Å². The summed E-state index contributed by atoms with van der Waals surface area (Å²) < 4.78 is 26.8. The molecule has 100 valence electrons. The molecule has 0 aliphatic heterocycles. The number of nitrogen functional groups attached to an aromatic ring is 1. The number of rotatable bonds is 5. The van der Waals surface area contributed by atoms with Crippen LogP contribution in [0, 0.1) is 0 Å². The van der Waals surface area contributed by atoms with Crippen LogP contribution in [-0.2, 0) is 14.8 Å². The van der Waals surface area contributed by atoms with Gasteiger partial charge in [-0.15, -0.1) is 0 Å². The van der Waals surface area contributed by atoms with E-state index in [0.29, 0.717) is 4.47 Å². The molecule has 0 atom stereocenters. The largest absolute Gasteiger partial charge is 0.398 e. The molecule has 0 radical (unpaired) electrons. The van der Waals surface area contributed by atoms with E-state index in [1.807, 2.05) is 0 Å². The first kappa shape index (κ1) is 14.9. The van der Waals surface area contributed by atoms with Crippen LogP contribution in [0.5, 0.6) is 0 Å². The topological polar surface area (TPSA) is 101 Å². The number of halogens is 1. The molecule has 0 aliphatic rings. The van der Waals surface area contributed by atoms with Gasteiger partial charge in [-0.1, -0.05) is 15.9 Å². The van der Waals surface area contributed by atoms with Crippen LogP contribution in [0.25, 0.3) is 0 Å². The standard InChI is InChI=1S/C10H14BrN3O3S/c1-7(15)13-4-5-14-18(16,17)10-6-8(11)2-3-9(10)12/h2-3,6,14H,4-5,12H2,1H3,(H,13,15). The number of nitrogens with one attached hydrogen (secondary N) is 2. The fourth-order valence-corrected chi connectivity index (χ4v) is 2.94. The number of amides is 1. The fourth-order valence-electron chi connectivity index (χ4n) is 1.24. The lowest BCUT2D eigenvalue weighted by molar-refractivity contribution is -0.118. The van der Waals surface area contributed by atoms with E-state index in [2.05, 4.69) is 26.0 Å². The second-order valence-electron chi connectivity index (χ2n) is 3.56. The third-order valence-corrected chi connectivity index (χ3v) is 4.07. The number of nitrogens with two attached hydrogens (primary N) is 1. The Morgan fingerprint density at radius 3 is 2.67 bits per heavy atom. The van der Waals surface area contributed by atoms with E-state index in [-0.39, 0.29) is 29.6 Å². The van der Waals surface area contributed by atoms with Gasteiger partial charge < -0.3 is 11.1 Å². The quantitative estimate of drug-likeness (QED) is 0.537. The molecule has 0 aliphatic carbocycles. The molecule has 0 unspecified atom stereocenters. The van der Waals surface area contributed by atoms with Gasteiger partial charge in [0.15, 0.2) is 0 Å². The smallest absolute Gasteiger partial charge is 0.242 e. The summed E-state index contributed by atoms with van der Waals surface area (Å²) >= 11 is 3.18. The van der Waals surface area contributed by atoms with Crippen molar-refractivity contribution in [3.63, 3.8) is 0 Å². The molecule has 18 heavy (non-hydrogen) atoms. The summed E-state index contributed by atoms with van der Waals surface area (Å²) in [5, 5.41) is 2.49. The van der Waals surface area contributed by atoms with Crippen molar-refractivity contribution in [1.82, 2.24) is 10.0 Å². The average Bonchev–Trinajstić information content (AvgIpc) is 2.27. The highest BCUT2D eigenvalue weighted by Crippen LogP contribution is 2.22. The highest BCUT2D eigenvalue weighted by Gasteiger charge is 2.17. The van der Waals surface area contributed by atoms with Crippen molar-refractivity contribution in [2.24, 2.45) is 0 Å². The number of carbonyl (C=O) groups is 1. The number of hydrogen-bond acceptors (Lipinski definition) is 4. The Bertz CT molecular complexity index is 545. The van der Waals surface area contributed by atoms with E-state index in [9.17, 15) is 13.2 Å². The molecule has 1 rings (SSSR count). The van der Waals surface area contributed by atoms with Gasteiger partial charge in [-0.25, -0.2) is 13.1 Å². The van der Waals surface area contributed by atoms with Crippen molar-refractivity contribution in [2.75, 3.05) is 18.8 Å². The summed E-state index contributed by atoms with van der Waals surface area (Å²) in [5.41, 5.74) is 5.79. The first-order chi connectivity index (χ1) is 8.33. The summed E-state index contributed by atoms with van der Waals surface area (Å²) in [7, 11) is -3.67. The zero-order valence-electron chi connectivity index (χ0n) is 9.73. The number of sulfonamides is 1. The van der Waals surface area contributed by atoms with Crippen LogP contribution < -0.4 is 15.8 Å². The van der Waals surface area contributed by atoms with Crippen LogP contribution in [0.3, 0.4) is 0 Å². The second-order valence-corrected chi connectivity index (χ2v) is 6.21. The SMILES string of the molecule is CC(=O)NCCNS(=O)(=O)c1cc(Br)ccc1N. The summed E-state index contributed by atoms with van der Waals surface area (Å²) in [6.07, 6.45) is 0. The number of anilines is 1. The Hall–Kier alpha value is -1.12. The predicted molar refractivity (Wildman–Crippen MR) is 72.4 cm³/mol. The average molecular weight is 336 g/mol. The van der Waals surface area contributed by atoms with E-state index in [1.165, 1.54) is 19.1 Å². The Morgan fingerprint density at radius 2 is 2.06 bits per heavy atom. The van der Waals surface area contributed by atoms with Crippen molar-refractivity contribution in [1.29, 1.82) is 0 Å². The molecule has 0 saturated heterocycles. The molecule has 1 aromatic carbocycles. The van der Waals surface area contributed by atoms with Crippen LogP contribution in [0.1, 0.15) is 6.92 Å². The van der Waals surface area contributed by atoms with E-state index in [4.69, 9.17) is 5.73 Å². The molecule has 1 amide bonds. The molecule has 0 saturated carbocycles. The van der Waals surface area contributed by atoms with Crippen molar-refractivity contribution in [3.05, 3.63) is 22.7 Å². The minimum absolute atomic E-state index is 0.0136. The van der Waals surface area contributed by atoms with Gasteiger partial charge >= 0.3 is 0 Å². The molecule has 0 aromatic heterocycles. The number of benzene rings is 1. The van der Waals surface area contributed by atoms with Gasteiger partial charge in [0.25, 0.3) is 0 Å². The molecule has 0 fully saturated rings. The predicted octanol–water partition coefficient (Wildman–Crippen LogP) is 0.446. The van der Waals surface area contributed by atoms with Crippen LogP contribution in [0.15, 0.2) is 27.6 Å². The monoisotopic (exact) mass is 335 g/mol. The highest BCUT2D eigenvalue weighted by atomic mass is 79.9. The van der Waals surface area contributed by atoms with E-state index < -0.39 is 10.0 Å². The first-order valence-electron chi connectivity index (χ1n) is 5.12. The molecule has 4 N–H and O–H groups in total. The zero-order valence-corrected chi connectivity index (χ0v) is 12.1. The van der Waals surface area contributed by atoms with Gasteiger partial charge in [0.2, 0.25) is 15.9 Å². The van der Waals surface area contributed by atoms with Crippen LogP contribution in [-0.4, -0.2) is 27.4 Å². The Kier molecular flexibility index (Phi) is 5.12. The zero-order chi connectivity index (χ0) is 13.8. The van der Waals surface area contributed by atoms with Gasteiger partial charge in [-0.05, 0) is 18.2 Å². The molecular weight excluding hydrogens is 322 g/mol. The third kappa shape index (κ3) is 4.28. The summed E-state index contributed by atoms with van der Waals surface area (Å²) in [6.45, 7) is 1.69. The molecular formula is C10H14BrN3O3S. The number of carbonyl (C=O) groups excluding carboxylic acids is 1. The molecule has 1 aromatic rings. The minimum Gasteiger partial charge on any atom is -0.398 e.